The summed E-state index contributed by atoms with van der Waals surface area (Å²) >= 11 is 4.23. The lowest BCUT2D eigenvalue weighted by Crippen LogP contribution is -2.25. The third-order valence-electron chi connectivity index (χ3n) is 1.89. The SMILES string of the molecule is CC(C)(S)C(=O)C1=CCCC1. The fourth-order valence-corrected chi connectivity index (χ4v) is 1.41. The molecule has 1 nitrogen and oxygen atoms in total. The zero-order valence-electron chi connectivity index (χ0n) is 7.05. The molecule has 0 saturated heterocycles. The zero-order chi connectivity index (χ0) is 8.48. The lowest BCUT2D eigenvalue weighted by molar-refractivity contribution is -0.117. The van der Waals surface area contributed by atoms with Gasteiger partial charge in [-0.05, 0) is 38.7 Å². The predicted octanol–water partition coefficient (Wildman–Crippen LogP) is 2.37. The van der Waals surface area contributed by atoms with Crippen LogP contribution in [0.25, 0.3) is 0 Å². The summed E-state index contributed by atoms with van der Waals surface area (Å²) in [6.07, 6.45) is 5.18. The van der Waals surface area contributed by atoms with Crippen molar-refractivity contribution < 1.29 is 4.79 Å². The third kappa shape index (κ3) is 2.09. The number of Topliss-reactive ketones (excluding diaryl/α,β-unsaturated/α-hetero) is 1. The molecule has 1 aliphatic carbocycles. The summed E-state index contributed by atoms with van der Waals surface area (Å²) in [5.41, 5.74) is 0.977. The van der Waals surface area contributed by atoms with Crippen molar-refractivity contribution in [3.8, 4) is 0 Å². The first-order valence-electron chi connectivity index (χ1n) is 3.98. The summed E-state index contributed by atoms with van der Waals surface area (Å²) in [5.74, 6) is 0.193. The van der Waals surface area contributed by atoms with Crippen LogP contribution in [-0.4, -0.2) is 10.5 Å². The second kappa shape index (κ2) is 3.02. The molecule has 1 rings (SSSR count). The van der Waals surface area contributed by atoms with Gasteiger partial charge in [-0.3, -0.25) is 4.79 Å². The number of carbonyl (C=O) groups excluding carboxylic acids is 1. The monoisotopic (exact) mass is 170 g/mol. The van der Waals surface area contributed by atoms with Gasteiger partial charge >= 0.3 is 0 Å². The Morgan fingerprint density at radius 2 is 2.27 bits per heavy atom. The normalized spacial score (nSPS) is 18.3. The van der Waals surface area contributed by atoms with Gasteiger partial charge in [-0.2, -0.15) is 12.6 Å². The lowest BCUT2D eigenvalue weighted by atomic mass is 10.00. The summed E-state index contributed by atoms with van der Waals surface area (Å²) < 4.78 is -0.490. The van der Waals surface area contributed by atoms with Crippen LogP contribution in [0.2, 0.25) is 0 Å². The third-order valence-corrected chi connectivity index (χ3v) is 2.09. The van der Waals surface area contributed by atoms with Crippen LogP contribution in [0.3, 0.4) is 0 Å². The van der Waals surface area contributed by atoms with Gasteiger partial charge in [0.15, 0.2) is 5.78 Å². The Kier molecular flexibility index (Phi) is 2.43. The van der Waals surface area contributed by atoms with Crippen LogP contribution in [0.15, 0.2) is 11.6 Å². The van der Waals surface area contributed by atoms with Gasteiger partial charge in [-0.25, -0.2) is 0 Å². The number of thiol groups is 1. The van der Waals surface area contributed by atoms with E-state index in [2.05, 4.69) is 12.6 Å². The molecule has 0 saturated carbocycles. The molecule has 2 heteroatoms. The van der Waals surface area contributed by atoms with Crippen LogP contribution in [0, 0.1) is 0 Å². The van der Waals surface area contributed by atoms with Gasteiger partial charge in [-0.1, -0.05) is 6.08 Å². The molecule has 0 heterocycles. The summed E-state index contributed by atoms with van der Waals surface area (Å²) in [6, 6.07) is 0. The van der Waals surface area contributed by atoms with Crippen LogP contribution in [0.5, 0.6) is 0 Å². The second-order valence-corrected chi connectivity index (χ2v) is 4.63. The summed E-state index contributed by atoms with van der Waals surface area (Å²) in [5, 5.41) is 0. The highest BCUT2D eigenvalue weighted by Gasteiger charge is 2.26. The highest BCUT2D eigenvalue weighted by Crippen LogP contribution is 2.25. The standard InChI is InChI=1S/C9H14OS/c1-9(2,11)8(10)7-5-3-4-6-7/h5,11H,3-4,6H2,1-2H3. The Morgan fingerprint density at radius 1 is 1.64 bits per heavy atom. The lowest BCUT2D eigenvalue weighted by Gasteiger charge is -2.15. The van der Waals surface area contributed by atoms with Crippen LogP contribution in [-0.2, 0) is 4.79 Å². The van der Waals surface area contributed by atoms with Gasteiger partial charge in [-0.15, -0.1) is 0 Å². The van der Waals surface area contributed by atoms with E-state index in [1.54, 1.807) is 0 Å². The van der Waals surface area contributed by atoms with E-state index >= 15 is 0 Å². The Labute approximate surface area is 73.3 Å². The Morgan fingerprint density at radius 3 is 2.64 bits per heavy atom. The van der Waals surface area contributed by atoms with E-state index in [4.69, 9.17) is 0 Å². The molecule has 0 radical (unpaired) electrons. The number of hydrogen-bond donors (Lipinski definition) is 1. The highest BCUT2D eigenvalue weighted by atomic mass is 32.1. The maximum absolute atomic E-state index is 11.5. The Balaban J connectivity index is 2.68. The van der Waals surface area contributed by atoms with E-state index in [9.17, 15) is 4.79 Å². The van der Waals surface area contributed by atoms with Crippen LogP contribution >= 0.6 is 12.6 Å². The van der Waals surface area contributed by atoms with Crippen molar-refractivity contribution in [2.45, 2.75) is 37.9 Å². The molecule has 0 spiro atoms. The van der Waals surface area contributed by atoms with Crippen molar-refractivity contribution in [3.63, 3.8) is 0 Å². The molecule has 0 bridgehead atoms. The quantitative estimate of drug-likeness (QED) is 0.630. The Bertz CT molecular complexity index is 198. The summed E-state index contributed by atoms with van der Waals surface area (Å²) in [6.45, 7) is 3.69. The number of carbonyl (C=O) groups is 1. The first-order valence-corrected chi connectivity index (χ1v) is 4.43. The van der Waals surface area contributed by atoms with E-state index < -0.39 is 4.75 Å². The van der Waals surface area contributed by atoms with Crippen molar-refractivity contribution in [1.29, 1.82) is 0 Å². The molecule has 0 N–H and O–H groups in total. The molecule has 0 unspecified atom stereocenters. The van der Waals surface area contributed by atoms with Gasteiger partial charge in [0.2, 0.25) is 0 Å². The molecule has 11 heavy (non-hydrogen) atoms. The van der Waals surface area contributed by atoms with Crippen molar-refractivity contribution in [1.82, 2.24) is 0 Å². The minimum atomic E-state index is -0.490. The summed E-state index contributed by atoms with van der Waals surface area (Å²) in [7, 11) is 0. The number of rotatable bonds is 2. The van der Waals surface area contributed by atoms with Gasteiger partial charge < -0.3 is 0 Å². The molecule has 1 aliphatic rings. The fraction of sp³-hybridized carbons (Fsp3) is 0.667. The average Bonchev–Trinajstić information content (AvgIpc) is 2.34. The van der Waals surface area contributed by atoms with Crippen LogP contribution in [0.1, 0.15) is 33.1 Å². The molecular weight excluding hydrogens is 156 g/mol. The minimum Gasteiger partial charge on any atom is -0.293 e. The molecular formula is C9H14OS. The van der Waals surface area contributed by atoms with E-state index in [1.807, 2.05) is 19.9 Å². The number of ketones is 1. The number of allylic oxidation sites excluding steroid dienone is 2. The fourth-order valence-electron chi connectivity index (χ4n) is 1.27. The molecule has 0 aromatic heterocycles. The predicted molar refractivity (Wildman–Crippen MR) is 50.0 cm³/mol. The van der Waals surface area contributed by atoms with Gasteiger partial charge in [0.05, 0.1) is 4.75 Å². The first-order chi connectivity index (χ1) is 5.02. The molecule has 62 valence electrons. The molecule has 0 aliphatic heterocycles. The first kappa shape index (κ1) is 8.85. The largest absolute Gasteiger partial charge is 0.293 e. The molecule has 0 amide bonds. The average molecular weight is 170 g/mol. The summed E-state index contributed by atoms with van der Waals surface area (Å²) in [4.78, 5) is 11.5. The maximum atomic E-state index is 11.5. The van der Waals surface area contributed by atoms with E-state index in [1.165, 1.54) is 0 Å². The van der Waals surface area contributed by atoms with Crippen LogP contribution in [0.4, 0.5) is 0 Å². The van der Waals surface area contributed by atoms with E-state index in [-0.39, 0.29) is 5.78 Å². The van der Waals surface area contributed by atoms with Gasteiger partial charge in [0.25, 0.3) is 0 Å². The highest BCUT2D eigenvalue weighted by molar-refractivity contribution is 7.82. The van der Waals surface area contributed by atoms with Crippen molar-refractivity contribution >= 4 is 18.4 Å². The van der Waals surface area contributed by atoms with E-state index in [0.29, 0.717) is 0 Å². The molecule has 0 aromatic carbocycles. The smallest absolute Gasteiger partial charge is 0.173 e. The van der Waals surface area contributed by atoms with Crippen molar-refractivity contribution in [3.05, 3.63) is 11.6 Å². The molecule has 0 fully saturated rings. The van der Waals surface area contributed by atoms with E-state index in [0.717, 1.165) is 24.8 Å². The van der Waals surface area contributed by atoms with Crippen molar-refractivity contribution in [2.24, 2.45) is 0 Å². The molecule has 0 atom stereocenters. The maximum Gasteiger partial charge on any atom is 0.173 e. The molecule has 0 aromatic rings. The topological polar surface area (TPSA) is 17.1 Å². The number of hydrogen-bond acceptors (Lipinski definition) is 2. The van der Waals surface area contributed by atoms with Gasteiger partial charge in [0.1, 0.15) is 0 Å². The van der Waals surface area contributed by atoms with Crippen molar-refractivity contribution in [2.75, 3.05) is 0 Å². The minimum absolute atomic E-state index is 0.193. The second-order valence-electron chi connectivity index (χ2n) is 3.51. The Hall–Kier alpha value is -0.240. The van der Waals surface area contributed by atoms with Crippen LogP contribution < -0.4 is 0 Å². The zero-order valence-corrected chi connectivity index (χ0v) is 7.95. The van der Waals surface area contributed by atoms with Gasteiger partial charge in [0, 0.05) is 0 Å².